The van der Waals surface area contributed by atoms with E-state index < -0.39 is 10.0 Å². The molecule has 162 valence electrons. The summed E-state index contributed by atoms with van der Waals surface area (Å²) in [6.45, 7) is 10.1. The SMILES string of the molecule is Cc1ccc(-c2ccc(N3CCN(S(=O)(=O)c4ccc(C)c(C)c4)CC3)nn2)c(C)c1. The molecule has 7 heteroatoms. The second-order valence-corrected chi connectivity index (χ2v) is 10.2. The summed E-state index contributed by atoms with van der Waals surface area (Å²) in [5, 5.41) is 8.84. The molecule has 0 atom stereocenters. The van der Waals surface area contributed by atoms with Gasteiger partial charge in [-0.3, -0.25) is 0 Å². The van der Waals surface area contributed by atoms with Crippen molar-refractivity contribution in [3.63, 3.8) is 0 Å². The van der Waals surface area contributed by atoms with Crippen LogP contribution in [0.2, 0.25) is 0 Å². The summed E-state index contributed by atoms with van der Waals surface area (Å²) in [6.07, 6.45) is 0. The van der Waals surface area contributed by atoms with Crippen LogP contribution in [0, 0.1) is 27.7 Å². The highest BCUT2D eigenvalue weighted by atomic mass is 32.2. The Morgan fingerprint density at radius 2 is 1.48 bits per heavy atom. The Morgan fingerprint density at radius 3 is 2.10 bits per heavy atom. The van der Waals surface area contributed by atoms with E-state index in [1.54, 1.807) is 16.4 Å². The predicted molar refractivity (Wildman–Crippen MR) is 124 cm³/mol. The van der Waals surface area contributed by atoms with E-state index in [9.17, 15) is 8.42 Å². The summed E-state index contributed by atoms with van der Waals surface area (Å²) in [4.78, 5) is 2.45. The Hall–Kier alpha value is -2.77. The van der Waals surface area contributed by atoms with Gasteiger partial charge in [0.2, 0.25) is 10.0 Å². The number of rotatable bonds is 4. The summed E-state index contributed by atoms with van der Waals surface area (Å²) in [5.41, 5.74) is 6.39. The monoisotopic (exact) mass is 436 g/mol. The third-order valence-corrected chi connectivity index (χ3v) is 7.88. The van der Waals surface area contributed by atoms with Crippen molar-refractivity contribution in [1.82, 2.24) is 14.5 Å². The van der Waals surface area contributed by atoms with Crippen molar-refractivity contribution in [3.8, 4) is 11.3 Å². The molecule has 1 saturated heterocycles. The van der Waals surface area contributed by atoms with Crippen LogP contribution in [0.5, 0.6) is 0 Å². The first kappa shape index (κ1) is 21.5. The highest BCUT2D eigenvalue weighted by Gasteiger charge is 2.29. The minimum absolute atomic E-state index is 0.363. The van der Waals surface area contributed by atoms with E-state index in [2.05, 4.69) is 47.1 Å². The van der Waals surface area contributed by atoms with Crippen molar-refractivity contribution >= 4 is 15.8 Å². The normalized spacial score (nSPS) is 15.3. The zero-order valence-corrected chi connectivity index (χ0v) is 19.3. The number of benzene rings is 2. The zero-order valence-electron chi connectivity index (χ0n) is 18.5. The van der Waals surface area contributed by atoms with Crippen LogP contribution in [0.25, 0.3) is 11.3 Å². The molecule has 1 aromatic heterocycles. The smallest absolute Gasteiger partial charge is 0.243 e. The van der Waals surface area contributed by atoms with Crippen LogP contribution < -0.4 is 4.90 Å². The molecular weight excluding hydrogens is 408 g/mol. The van der Waals surface area contributed by atoms with Crippen LogP contribution in [0.4, 0.5) is 5.82 Å². The minimum Gasteiger partial charge on any atom is -0.352 e. The number of hydrogen-bond donors (Lipinski definition) is 0. The molecule has 1 fully saturated rings. The Labute approximate surface area is 184 Å². The average Bonchev–Trinajstić information content (AvgIpc) is 2.76. The largest absolute Gasteiger partial charge is 0.352 e. The Kier molecular flexibility index (Phi) is 5.81. The van der Waals surface area contributed by atoms with Gasteiger partial charge in [0.1, 0.15) is 0 Å². The molecule has 0 spiro atoms. The Morgan fingerprint density at radius 1 is 0.742 bits per heavy atom. The molecule has 0 unspecified atom stereocenters. The molecule has 3 aromatic rings. The number of hydrogen-bond acceptors (Lipinski definition) is 5. The fraction of sp³-hybridized carbons (Fsp3) is 0.333. The first-order valence-corrected chi connectivity index (χ1v) is 11.9. The van der Waals surface area contributed by atoms with E-state index in [0.29, 0.717) is 31.1 Å². The number of aryl methyl sites for hydroxylation is 4. The molecule has 2 aromatic carbocycles. The van der Waals surface area contributed by atoms with Crippen LogP contribution in [0.1, 0.15) is 22.3 Å². The van der Waals surface area contributed by atoms with Gasteiger partial charge in [-0.1, -0.05) is 29.8 Å². The van der Waals surface area contributed by atoms with Gasteiger partial charge >= 0.3 is 0 Å². The van der Waals surface area contributed by atoms with Crippen molar-refractivity contribution in [1.29, 1.82) is 0 Å². The summed E-state index contributed by atoms with van der Waals surface area (Å²) in [5.74, 6) is 0.775. The summed E-state index contributed by atoms with van der Waals surface area (Å²) >= 11 is 0. The van der Waals surface area contributed by atoms with Crippen molar-refractivity contribution < 1.29 is 8.42 Å². The maximum Gasteiger partial charge on any atom is 0.243 e. The number of piperazine rings is 1. The van der Waals surface area contributed by atoms with Gasteiger partial charge in [-0.2, -0.15) is 4.31 Å². The lowest BCUT2D eigenvalue weighted by Crippen LogP contribution is -2.49. The zero-order chi connectivity index (χ0) is 22.2. The second-order valence-electron chi connectivity index (χ2n) is 8.23. The molecule has 6 nitrogen and oxygen atoms in total. The minimum atomic E-state index is -3.49. The first-order chi connectivity index (χ1) is 14.8. The number of aromatic nitrogens is 2. The third kappa shape index (κ3) is 4.34. The van der Waals surface area contributed by atoms with Crippen LogP contribution in [-0.4, -0.2) is 49.1 Å². The number of nitrogens with zero attached hydrogens (tertiary/aromatic N) is 4. The standard InChI is InChI=1S/C24H28N4O2S/c1-17-5-8-22(20(4)15-17)23-9-10-24(26-25-23)27-11-13-28(14-12-27)31(29,30)21-7-6-18(2)19(3)16-21/h5-10,15-16H,11-14H2,1-4H3. The molecule has 0 amide bonds. The number of anilines is 1. The maximum atomic E-state index is 13.0. The topological polar surface area (TPSA) is 66.4 Å². The van der Waals surface area contributed by atoms with Crippen LogP contribution >= 0.6 is 0 Å². The van der Waals surface area contributed by atoms with Gasteiger partial charge in [0.25, 0.3) is 0 Å². The molecule has 1 aliphatic heterocycles. The van der Waals surface area contributed by atoms with Crippen molar-refractivity contribution in [2.75, 3.05) is 31.1 Å². The fourth-order valence-corrected chi connectivity index (χ4v) is 5.43. The Bertz CT molecular complexity index is 1200. The van der Waals surface area contributed by atoms with Gasteiger partial charge in [0, 0.05) is 31.7 Å². The molecule has 0 bridgehead atoms. The lowest BCUT2D eigenvalue weighted by Gasteiger charge is -2.34. The first-order valence-electron chi connectivity index (χ1n) is 10.5. The van der Waals surface area contributed by atoms with E-state index in [0.717, 1.165) is 28.2 Å². The summed E-state index contributed by atoms with van der Waals surface area (Å²) < 4.78 is 27.6. The third-order valence-electron chi connectivity index (χ3n) is 5.99. The van der Waals surface area contributed by atoms with Crippen molar-refractivity contribution in [3.05, 3.63) is 70.8 Å². The lowest BCUT2D eigenvalue weighted by molar-refractivity contribution is 0.383. The molecule has 4 rings (SSSR count). The Balaban J connectivity index is 1.45. The maximum absolute atomic E-state index is 13.0. The van der Waals surface area contributed by atoms with Gasteiger partial charge < -0.3 is 4.90 Å². The lowest BCUT2D eigenvalue weighted by atomic mass is 10.0. The highest BCUT2D eigenvalue weighted by molar-refractivity contribution is 7.89. The highest BCUT2D eigenvalue weighted by Crippen LogP contribution is 2.25. The molecule has 31 heavy (non-hydrogen) atoms. The summed E-state index contributed by atoms with van der Waals surface area (Å²) in [7, 11) is -3.49. The van der Waals surface area contributed by atoms with Gasteiger partial charge in [0.15, 0.2) is 5.82 Å². The van der Waals surface area contributed by atoms with E-state index in [1.807, 2.05) is 32.0 Å². The van der Waals surface area contributed by atoms with Gasteiger partial charge in [-0.15, -0.1) is 10.2 Å². The van der Waals surface area contributed by atoms with Crippen LogP contribution in [-0.2, 0) is 10.0 Å². The van der Waals surface area contributed by atoms with Crippen LogP contribution in [0.3, 0.4) is 0 Å². The van der Waals surface area contributed by atoms with Gasteiger partial charge in [0.05, 0.1) is 10.6 Å². The molecule has 0 N–H and O–H groups in total. The summed E-state index contributed by atoms with van der Waals surface area (Å²) in [6, 6.07) is 15.6. The van der Waals surface area contributed by atoms with E-state index in [-0.39, 0.29) is 0 Å². The van der Waals surface area contributed by atoms with Crippen molar-refractivity contribution in [2.45, 2.75) is 32.6 Å². The molecule has 2 heterocycles. The molecule has 0 aliphatic carbocycles. The van der Waals surface area contributed by atoms with E-state index >= 15 is 0 Å². The fourth-order valence-electron chi connectivity index (χ4n) is 3.92. The van der Waals surface area contributed by atoms with Crippen molar-refractivity contribution in [2.24, 2.45) is 0 Å². The predicted octanol–water partition coefficient (Wildman–Crippen LogP) is 3.89. The van der Waals surface area contributed by atoms with Gasteiger partial charge in [-0.25, -0.2) is 8.42 Å². The van der Waals surface area contributed by atoms with Gasteiger partial charge in [-0.05, 0) is 68.7 Å². The van der Waals surface area contributed by atoms with E-state index in [1.165, 1.54) is 11.1 Å². The van der Waals surface area contributed by atoms with E-state index in [4.69, 9.17) is 0 Å². The second kappa shape index (κ2) is 8.40. The molecular formula is C24H28N4O2S. The molecule has 1 aliphatic rings. The quantitative estimate of drug-likeness (QED) is 0.621. The molecule has 0 saturated carbocycles. The average molecular weight is 437 g/mol. The van der Waals surface area contributed by atoms with Crippen LogP contribution in [0.15, 0.2) is 53.4 Å². The number of sulfonamides is 1. The molecule has 0 radical (unpaired) electrons.